The van der Waals surface area contributed by atoms with E-state index in [0.717, 1.165) is 12.7 Å². The molecule has 7 heteroatoms. The second-order valence-electron chi connectivity index (χ2n) is 4.35. The summed E-state index contributed by atoms with van der Waals surface area (Å²) < 4.78 is 22.6. The maximum absolute atomic E-state index is 11.9. The average molecular weight is 263 g/mol. The lowest BCUT2D eigenvalue weighted by Crippen LogP contribution is -2.52. The molecule has 0 saturated carbocycles. The number of sulfone groups is 1. The molecule has 1 rings (SSSR count). The molecular weight excluding hydrogens is 246 g/mol. The van der Waals surface area contributed by atoms with Gasteiger partial charge in [-0.25, -0.2) is 13.2 Å². The Morgan fingerprint density at radius 1 is 1.35 bits per heavy atom. The highest BCUT2D eigenvalue weighted by Gasteiger charge is 2.36. The van der Waals surface area contributed by atoms with Gasteiger partial charge >= 0.3 is 5.97 Å². The number of hydrogen-bond acceptors (Lipinski definition) is 4. The van der Waals surface area contributed by atoms with E-state index >= 15 is 0 Å². The number of carbonyl (C=O) groups excluding carboxylic acids is 1. The molecule has 0 aromatic carbocycles. The van der Waals surface area contributed by atoms with Crippen molar-refractivity contribution in [3.63, 3.8) is 0 Å². The van der Waals surface area contributed by atoms with E-state index in [1.807, 2.05) is 0 Å². The molecule has 1 N–H and O–H groups in total. The van der Waals surface area contributed by atoms with Gasteiger partial charge in [0, 0.05) is 12.8 Å². The van der Waals surface area contributed by atoms with Crippen molar-refractivity contribution in [2.75, 3.05) is 12.8 Å². The van der Waals surface area contributed by atoms with E-state index in [-0.39, 0.29) is 0 Å². The summed E-state index contributed by atoms with van der Waals surface area (Å²) in [4.78, 5) is 24.1. The first-order chi connectivity index (χ1) is 7.75. The normalized spacial score (nSPS) is 23.2. The van der Waals surface area contributed by atoms with Crippen LogP contribution >= 0.6 is 0 Å². The molecule has 1 unspecified atom stereocenters. The van der Waals surface area contributed by atoms with Crippen LogP contribution in [0.2, 0.25) is 0 Å². The third-order valence-corrected chi connectivity index (χ3v) is 4.55. The molecular formula is C10H17NO5S. The Bertz CT molecular complexity index is 416. The number of nitrogens with zero attached hydrogens (tertiary/aromatic N) is 1. The molecule has 0 aromatic rings. The van der Waals surface area contributed by atoms with Crippen LogP contribution in [-0.4, -0.2) is 54.4 Å². The average Bonchev–Trinajstić information content (AvgIpc) is 2.25. The molecule has 17 heavy (non-hydrogen) atoms. The highest BCUT2D eigenvalue weighted by atomic mass is 32.2. The minimum absolute atomic E-state index is 0.315. The summed E-state index contributed by atoms with van der Waals surface area (Å²) >= 11 is 0. The first kappa shape index (κ1) is 14.0. The molecule has 1 aliphatic rings. The van der Waals surface area contributed by atoms with Crippen molar-refractivity contribution in [2.24, 2.45) is 0 Å². The maximum atomic E-state index is 11.9. The van der Waals surface area contributed by atoms with Crippen LogP contribution in [0.3, 0.4) is 0 Å². The van der Waals surface area contributed by atoms with Gasteiger partial charge in [-0.15, -0.1) is 0 Å². The standard InChI is InChI=1S/C10H17NO5S/c1-7(17(2,15)16)9(12)11-6-4-3-5-8(11)10(13)14/h7-8H,3-6H2,1-2H3,(H,13,14)/t7?,8-/m0/s1. The molecule has 0 bridgehead atoms. The molecule has 0 aliphatic carbocycles. The Morgan fingerprint density at radius 2 is 1.94 bits per heavy atom. The van der Waals surface area contributed by atoms with Gasteiger partial charge < -0.3 is 10.0 Å². The SMILES string of the molecule is CC(C(=O)N1CCCC[C@H]1C(=O)O)S(C)(=O)=O. The quantitative estimate of drug-likeness (QED) is 0.766. The number of carboxylic acids is 1. The molecule has 0 aromatic heterocycles. The van der Waals surface area contributed by atoms with Crippen LogP contribution < -0.4 is 0 Å². The summed E-state index contributed by atoms with van der Waals surface area (Å²) in [7, 11) is -3.48. The van der Waals surface area contributed by atoms with Crippen molar-refractivity contribution in [2.45, 2.75) is 37.5 Å². The Labute approximate surface area is 101 Å². The predicted octanol–water partition coefficient (Wildman–Crippen LogP) is -0.115. The number of hydrogen-bond donors (Lipinski definition) is 1. The van der Waals surface area contributed by atoms with Crippen molar-refractivity contribution in [1.82, 2.24) is 4.90 Å². The summed E-state index contributed by atoms with van der Waals surface area (Å²) in [6.45, 7) is 1.61. The van der Waals surface area contributed by atoms with Crippen molar-refractivity contribution in [3.8, 4) is 0 Å². The number of aliphatic carboxylic acids is 1. The number of carboxylic acid groups (broad SMARTS) is 1. The van der Waals surface area contributed by atoms with E-state index in [0.29, 0.717) is 19.4 Å². The monoisotopic (exact) mass is 263 g/mol. The number of amides is 1. The zero-order chi connectivity index (χ0) is 13.2. The van der Waals surface area contributed by atoms with Crippen LogP contribution in [0, 0.1) is 0 Å². The van der Waals surface area contributed by atoms with Gasteiger partial charge in [0.15, 0.2) is 9.84 Å². The summed E-state index contributed by atoms with van der Waals surface area (Å²) in [6.07, 6.45) is 2.83. The number of likely N-dealkylation sites (tertiary alicyclic amines) is 1. The van der Waals surface area contributed by atoms with Crippen molar-refractivity contribution >= 4 is 21.7 Å². The van der Waals surface area contributed by atoms with Gasteiger partial charge in [0.25, 0.3) is 0 Å². The summed E-state index contributed by atoms with van der Waals surface area (Å²) in [5.41, 5.74) is 0. The largest absolute Gasteiger partial charge is 0.480 e. The molecule has 1 saturated heterocycles. The molecule has 1 heterocycles. The van der Waals surface area contributed by atoms with Gasteiger partial charge in [0.2, 0.25) is 5.91 Å². The summed E-state index contributed by atoms with van der Waals surface area (Å²) in [5, 5.41) is 7.82. The topological polar surface area (TPSA) is 91.8 Å². The first-order valence-electron chi connectivity index (χ1n) is 5.47. The maximum Gasteiger partial charge on any atom is 0.326 e. The van der Waals surface area contributed by atoms with Gasteiger partial charge in [-0.1, -0.05) is 0 Å². The van der Waals surface area contributed by atoms with E-state index in [2.05, 4.69) is 0 Å². The van der Waals surface area contributed by atoms with Crippen LogP contribution in [0.1, 0.15) is 26.2 Å². The molecule has 1 amide bonds. The zero-order valence-corrected chi connectivity index (χ0v) is 10.7. The Hall–Kier alpha value is -1.11. The van der Waals surface area contributed by atoms with Crippen molar-refractivity contribution in [3.05, 3.63) is 0 Å². The van der Waals surface area contributed by atoms with Crippen LogP contribution in [-0.2, 0) is 19.4 Å². The Kier molecular flexibility index (Phi) is 4.13. The van der Waals surface area contributed by atoms with E-state index < -0.39 is 33.0 Å². The molecule has 2 atom stereocenters. The van der Waals surface area contributed by atoms with Crippen LogP contribution in [0.25, 0.3) is 0 Å². The lowest BCUT2D eigenvalue weighted by atomic mass is 10.0. The Morgan fingerprint density at radius 3 is 2.41 bits per heavy atom. The lowest BCUT2D eigenvalue weighted by Gasteiger charge is -2.34. The fraction of sp³-hybridized carbons (Fsp3) is 0.800. The summed E-state index contributed by atoms with van der Waals surface area (Å²) in [5.74, 6) is -1.68. The van der Waals surface area contributed by atoms with Crippen LogP contribution in [0.4, 0.5) is 0 Å². The number of piperidine rings is 1. The van der Waals surface area contributed by atoms with Crippen LogP contribution in [0.5, 0.6) is 0 Å². The molecule has 98 valence electrons. The van der Waals surface area contributed by atoms with Crippen molar-refractivity contribution in [1.29, 1.82) is 0 Å². The fourth-order valence-corrected chi connectivity index (χ4v) is 2.37. The van der Waals surface area contributed by atoms with Gasteiger partial charge in [0.05, 0.1) is 0 Å². The van der Waals surface area contributed by atoms with E-state index in [1.165, 1.54) is 11.8 Å². The van der Waals surface area contributed by atoms with E-state index in [4.69, 9.17) is 5.11 Å². The fourth-order valence-electron chi connectivity index (χ4n) is 1.87. The van der Waals surface area contributed by atoms with Gasteiger partial charge in [-0.2, -0.15) is 0 Å². The minimum Gasteiger partial charge on any atom is -0.480 e. The molecule has 0 radical (unpaired) electrons. The first-order valence-corrected chi connectivity index (χ1v) is 7.42. The predicted molar refractivity (Wildman–Crippen MR) is 61.3 cm³/mol. The second kappa shape index (κ2) is 5.03. The highest BCUT2D eigenvalue weighted by molar-refractivity contribution is 7.92. The van der Waals surface area contributed by atoms with E-state index in [1.54, 1.807) is 0 Å². The summed E-state index contributed by atoms with van der Waals surface area (Å²) in [6, 6.07) is -0.888. The minimum atomic E-state index is -3.48. The molecule has 1 aliphatic heterocycles. The molecule has 0 spiro atoms. The number of rotatable bonds is 3. The van der Waals surface area contributed by atoms with Gasteiger partial charge in [-0.3, -0.25) is 4.79 Å². The third-order valence-electron chi connectivity index (χ3n) is 3.06. The Balaban J connectivity index is 2.89. The second-order valence-corrected chi connectivity index (χ2v) is 6.72. The highest BCUT2D eigenvalue weighted by Crippen LogP contribution is 2.19. The molecule has 6 nitrogen and oxygen atoms in total. The van der Waals surface area contributed by atoms with Crippen molar-refractivity contribution < 1.29 is 23.1 Å². The third kappa shape index (κ3) is 3.18. The molecule has 1 fully saturated rings. The van der Waals surface area contributed by atoms with E-state index in [9.17, 15) is 18.0 Å². The lowest BCUT2D eigenvalue weighted by molar-refractivity contribution is -0.151. The van der Waals surface area contributed by atoms with Crippen LogP contribution in [0.15, 0.2) is 0 Å². The number of carbonyl (C=O) groups is 2. The smallest absolute Gasteiger partial charge is 0.326 e. The zero-order valence-electron chi connectivity index (χ0n) is 9.92. The van der Waals surface area contributed by atoms with Gasteiger partial charge in [0.1, 0.15) is 11.3 Å². The van der Waals surface area contributed by atoms with Gasteiger partial charge in [-0.05, 0) is 26.2 Å².